The fourth-order valence-electron chi connectivity index (χ4n) is 1.45. The van der Waals surface area contributed by atoms with Crippen molar-refractivity contribution < 1.29 is 23.5 Å². The first kappa shape index (κ1) is 12.5. The molecule has 0 radical (unpaired) electrons. The van der Waals surface area contributed by atoms with E-state index in [4.69, 9.17) is 4.74 Å². The average Bonchev–Trinajstić information content (AvgIpc) is 3.15. The second-order valence-electron chi connectivity index (χ2n) is 4.01. The fourth-order valence-corrected chi connectivity index (χ4v) is 1.45. The summed E-state index contributed by atoms with van der Waals surface area (Å²) in [6, 6.07) is 3.55. The lowest BCUT2D eigenvalue weighted by molar-refractivity contribution is -0.137. The average molecular weight is 252 g/mol. The molecule has 96 valence electrons. The number of halogens is 1. The first-order valence-corrected chi connectivity index (χ1v) is 5.79. The molecule has 0 aromatic heterocycles. The van der Waals surface area contributed by atoms with E-state index in [1.54, 1.807) is 6.92 Å². The molecule has 1 aromatic rings. The predicted octanol–water partition coefficient (Wildman–Crippen LogP) is 2.11. The smallest absolute Gasteiger partial charge is 0.379 e. The molecule has 1 fully saturated rings. The third-order valence-corrected chi connectivity index (χ3v) is 2.47. The molecule has 1 saturated carbocycles. The molecular formula is C13H13FO4. The lowest BCUT2D eigenvalue weighted by atomic mass is 10.1. The van der Waals surface area contributed by atoms with Crippen molar-refractivity contribution in [1.82, 2.24) is 0 Å². The molecule has 0 spiro atoms. The number of ketones is 1. The van der Waals surface area contributed by atoms with Gasteiger partial charge in [0.2, 0.25) is 0 Å². The Balaban J connectivity index is 2.25. The van der Waals surface area contributed by atoms with Gasteiger partial charge in [-0.15, -0.1) is 0 Å². The number of esters is 1. The molecule has 0 saturated heterocycles. The van der Waals surface area contributed by atoms with Crippen LogP contribution < -0.4 is 4.74 Å². The van der Waals surface area contributed by atoms with Crippen LogP contribution in [0.1, 0.15) is 30.1 Å². The maximum atomic E-state index is 13.1. The summed E-state index contributed by atoms with van der Waals surface area (Å²) < 4.78 is 23.2. The van der Waals surface area contributed by atoms with Gasteiger partial charge in [0.15, 0.2) is 0 Å². The Morgan fingerprint density at radius 2 is 2.11 bits per heavy atom. The molecule has 0 unspecified atom stereocenters. The highest BCUT2D eigenvalue weighted by atomic mass is 19.1. The molecule has 0 aliphatic heterocycles. The molecule has 1 aromatic carbocycles. The van der Waals surface area contributed by atoms with Crippen LogP contribution in [0.15, 0.2) is 18.2 Å². The van der Waals surface area contributed by atoms with Crippen LogP contribution in [0.3, 0.4) is 0 Å². The van der Waals surface area contributed by atoms with E-state index < -0.39 is 17.6 Å². The summed E-state index contributed by atoms with van der Waals surface area (Å²) in [5.41, 5.74) is -0.0830. The first-order valence-electron chi connectivity index (χ1n) is 5.79. The van der Waals surface area contributed by atoms with Gasteiger partial charge >= 0.3 is 5.97 Å². The number of hydrogen-bond acceptors (Lipinski definition) is 4. The molecule has 1 aliphatic carbocycles. The van der Waals surface area contributed by atoms with E-state index >= 15 is 0 Å². The number of ether oxygens (including phenoxy) is 2. The minimum Gasteiger partial charge on any atom is -0.490 e. The third-order valence-electron chi connectivity index (χ3n) is 2.47. The van der Waals surface area contributed by atoms with Crippen molar-refractivity contribution in [2.75, 3.05) is 6.61 Å². The van der Waals surface area contributed by atoms with Gasteiger partial charge in [-0.2, -0.15) is 0 Å². The zero-order chi connectivity index (χ0) is 13.1. The summed E-state index contributed by atoms with van der Waals surface area (Å²) in [5.74, 6) is -2.24. The standard InChI is InChI=1S/C13H13FO4/c1-2-17-13(16)12(15)10-7-8(14)3-6-11(10)18-9-4-5-9/h3,6-7,9H,2,4-5H2,1H3. The van der Waals surface area contributed by atoms with Crippen LogP contribution in [0.5, 0.6) is 5.75 Å². The van der Waals surface area contributed by atoms with E-state index in [-0.39, 0.29) is 24.0 Å². The SMILES string of the molecule is CCOC(=O)C(=O)c1cc(F)ccc1OC1CC1. The van der Waals surface area contributed by atoms with Gasteiger partial charge in [-0.05, 0) is 38.0 Å². The van der Waals surface area contributed by atoms with Crippen molar-refractivity contribution in [3.8, 4) is 5.75 Å². The lowest BCUT2D eigenvalue weighted by Gasteiger charge is -2.09. The van der Waals surface area contributed by atoms with Crippen molar-refractivity contribution >= 4 is 11.8 Å². The molecule has 1 aliphatic rings. The van der Waals surface area contributed by atoms with E-state index in [9.17, 15) is 14.0 Å². The van der Waals surface area contributed by atoms with Gasteiger partial charge in [0.25, 0.3) is 5.78 Å². The Kier molecular flexibility index (Phi) is 3.60. The highest BCUT2D eigenvalue weighted by Gasteiger charge is 2.28. The summed E-state index contributed by atoms with van der Waals surface area (Å²) in [4.78, 5) is 23.1. The van der Waals surface area contributed by atoms with Gasteiger partial charge < -0.3 is 9.47 Å². The molecule has 2 rings (SSSR count). The summed E-state index contributed by atoms with van der Waals surface area (Å²) in [6.07, 6.45) is 1.87. The van der Waals surface area contributed by atoms with Gasteiger partial charge in [0, 0.05) is 0 Å². The van der Waals surface area contributed by atoms with Crippen LogP contribution in [-0.2, 0) is 9.53 Å². The fraction of sp³-hybridized carbons (Fsp3) is 0.385. The van der Waals surface area contributed by atoms with E-state index in [0.717, 1.165) is 18.9 Å². The topological polar surface area (TPSA) is 52.6 Å². The van der Waals surface area contributed by atoms with Crippen LogP contribution in [0.4, 0.5) is 4.39 Å². The Morgan fingerprint density at radius 3 is 2.72 bits per heavy atom. The second-order valence-corrected chi connectivity index (χ2v) is 4.01. The number of Topliss-reactive ketones (excluding diaryl/α,β-unsaturated/α-hetero) is 1. The first-order chi connectivity index (χ1) is 8.61. The summed E-state index contributed by atoms with van der Waals surface area (Å²) in [7, 11) is 0. The van der Waals surface area contributed by atoms with Crippen molar-refractivity contribution in [1.29, 1.82) is 0 Å². The largest absolute Gasteiger partial charge is 0.490 e. The lowest BCUT2D eigenvalue weighted by Crippen LogP contribution is -2.19. The van der Waals surface area contributed by atoms with E-state index in [2.05, 4.69) is 4.74 Å². The zero-order valence-electron chi connectivity index (χ0n) is 9.94. The van der Waals surface area contributed by atoms with E-state index in [0.29, 0.717) is 0 Å². The Hall–Kier alpha value is -1.91. The molecule has 0 amide bonds. The highest BCUT2D eigenvalue weighted by molar-refractivity contribution is 6.41. The molecule has 5 heteroatoms. The second kappa shape index (κ2) is 5.16. The van der Waals surface area contributed by atoms with Crippen LogP contribution in [0.25, 0.3) is 0 Å². The van der Waals surface area contributed by atoms with Crippen LogP contribution in [0.2, 0.25) is 0 Å². The Bertz CT molecular complexity index is 480. The number of carbonyl (C=O) groups is 2. The zero-order valence-corrected chi connectivity index (χ0v) is 9.94. The molecule has 4 nitrogen and oxygen atoms in total. The summed E-state index contributed by atoms with van der Waals surface area (Å²) in [6.45, 7) is 1.69. The van der Waals surface area contributed by atoms with Crippen molar-refractivity contribution in [2.24, 2.45) is 0 Å². The van der Waals surface area contributed by atoms with Crippen molar-refractivity contribution in [3.63, 3.8) is 0 Å². The number of hydrogen-bond donors (Lipinski definition) is 0. The summed E-state index contributed by atoms with van der Waals surface area (Å²) in [5, 5.41) is 0. The molecule has 0 N–H and O–H groups in total. The van der Waals surface area contributed by atoms with Gasteiger partial charge in [-0.1, -0.05) is 0 Å². The molecule has 0 bridgehead atoms. The predicted molar refractivity (Wildman–Crippen MR) is 61.0 cm³/mol. The maximum Gasteiger partial charge on any atom is 0.379 e. The number of benzene rings is 1. The minimum atomic E-state index is -0.997. The van der Waals surface area contributed by atoms with Crippen molar-refractivity contribution in [2.45, 2.75) is 25.9 Å². The molecule has 0 heterocycles. The monoisotopic (exact) mass is 252 g/mol. The van der Waals surface area contributed by atoms with Crippen molar-refractivity contribution in [3.05, 3.63) is 29.6 Å². The minimum absolute atomic E-state index is 0.0595. The normalized spacial score (nSPS) is 14.1. The quantitative estimate of drug-likeness (QED) is 0.457. The number of carbonyl (C=O) groups excluding carboxylic acids is 2. The van der Waals surface area contributed by atoms with Crippen LogP contribution in [0, 0.1) is 5.82 Å². The Labute approximate surface area is 104 Å². The van der Waals surface area contributed by atoms with Crippen LogP contribution in [-0.4, -0.2) is 24.5 Å². The molecular weight excluding hydrogens is 239 g/mol. The Morgan fingerprint density at radius 1 is 1.39 bits per heavy atom. The highest BCUT2D eigenvalue weighted by Crippen LogP contribution is 2.30. The maximum absolute atomic E-state index is 13.1. The van der Waals surface area contributed by atoms with Gasteiger partial charge in [0.1, 0.15) is 11.6 Å². The van der Waals surface area contributed by atoms with Gasteiger partial charge in [-0.25, -0.2) is 9.18 Å². The van der Waals surface area contributed by atoms with E-state index in [1.807, 2.05) is 0 Å². The van der Waals surface area contributed by atoms with Gasteiger partial charge in [0.05, 0.1) is 18.3 Å². The molecule has 0 atom stereocenters. The molecule has 18 heavy (non-hydrogen) atoms. The number of rotatable bonds is 5. The van der Waals surface area contributed by atoms with E-state index in [1.165, 1.54) is 12.1 Å². The van der Waals surface area contributed by atoms with Crippen LogP contribution >= 0.6 is 0 Å². The summed E-state index contributed by atoms with van der Waals surface area (Å²) >= 11 is 0. The van der Waals surface area contributed by atoms with Gasteiger partial charge in [-0.3, -0.25) is 4.79 Å². The third kappa shape index (κ3) is 2.85.